The summed E-state index contributed by atoms with van der Waals surface area (Å²) in [7, 11) is 0. The summed E-state index contributed by atoms with van der Waals surface area (Å²) >= 11 is 0. The van der Waals surface area contributed by atoms with Gasteiger partial charge < -0.3 is 9.73 Å². The summed E-state index contributed by atoms with van der Waals surface area (Å²) in [5.41, 5.74) is -0.180. The molecule has 0 aromatic carbocycles. The highest BCUT2D eigenvalue weighted by Crippen LogP contribution is 2.28. The lowest BCUT2D eigenvalue weighted by Gasteiger charge is -2.31. The fourth-order valence-corrected chi connectivity index (χ4v) is 2.21. The quantitative estimate of drug-likeness (QED) is 0.846. The van der Waals surface area contributed by atoms with Crippen LogP contribution in [-0.2, 0) is 0 Å². The zero-order chi connectivity index (χ0) is 12.3. The van der Waals surface area contributed by atoms with E-state index in [1.165, 1.54) is 6.39 Å². The first-order valence-electron chi connectivity index (χ1n) is 5.81. The predicted octanol–water partition coefficient (Wildman–Crippen LogP) is 1.94. The minimum atomic E-state index is -0.728. The summed E-state index contributed by atoms with van der Waals surface area (Å²) < 4.78 is 5.02. The monoisotopic (exact) mass is 233 g/mol. The van der Waals surface area contributed by atoms with Crippen molar-refractivity contribution in [2.24, 2.45) is 0 Å². The van der Waals surface area contributed by atoms with Gasteiger partial charge in [-0.2, -0.15) is 5.26 Å². The van der Waals surface area contributed by atoms with Crippen molar-refractivity contribution in [1.82, 2.24) is 10.3 Å². The molecule has 2 rings (SSSR count). The maximum Gasteiger partial charge on any atom is 0.290 e. The Hall–Kier alpha value is -1.83. The fraction of sp³-hybridized carbons (Fsp3) is 0.583. The molecule has 5 heteroatoms. The van der Waals surface area contributed by atoms with Crippen LogP contribution in [0.15, 0.2) is 10.8 Å². The molecule has 1 aliphatic carbocycles. The molecule has 0 bridgehead atoms. The summed E-state index contributed by atoms with van der Waals surface area (Å²) in [5, 5.41) is 12.0. The normalized spacial score (nSPS) is 18.4. The molecule has 17 heavy (non-hydrogen) atoms. The number of hydrogen-bond donors (Lipinski definition) is 1. The van der Waals surface area contributed by atoms with Gasteiger partial charge in [-0.15, -0.1) is 0 Å². The molecule has 0 saturated heterocycles. The summed E-state index contributed by atoms with van der Waals surface area (Å²) in [6.45, 7) is 1.71. The van der Waals surface area contributed by atoms with Gasteiger partial charge in [-0.25, -0.2) is 4.98 Å². The van der Waals surface area contributed by atoms with Crippen LogP contribution in [0.25, 0.3) is 0 Å². The van der Waals surface area contributed by atoms with Crippen molar-refractivity contribution in [2.45, 2.75) is 44.6 Å². The van der Waals surface area contributed by atoms with Gasteiger partial charge in [-0.05, 0) is 19.8 Å². The van der Waals surface area contributed by atoms with Gasteiger partial charge in [0.2, 0.25) is 5.76 Å². The third kappa shape index (κ3) is 2.31. The van der Waals surface area contributed by atoms with E-state index in [0.29, 0.717) is 18.5 Å². The van der Waals surface area contributed by atoms with E-state index in [1.54, 1.807) is 6.92 Å². The Morgan fingerprint density at radius 1 is 1.53 bits per heavy atom. The second-order valence-corrected chi connectivity index (χ2v) is 4.48. The first-order chi connectivity index (χ1) is 8.17. The molecule has 1 N–H and O–H groups in total. The number of aryl methyl sites for hydroxylation is 1. The highest BCUT2D eigenvalue weighted by molar-refractivity contribution is 5.93. The summed E-state index contributed by atoms with van der Waals surface area (Å²) in [6.07, 6.45) is 5.74. The van der Waals surface area contributed by atoms with Crippen LogP contribution in [0.1, 0.15) is 48.4 Å². The van der Waals surface area contributed by atoms with Gasteiger partial charge in [0.05, 0.1) is 11.8 Å². The average molecular weight is 233 g/mol. The smallest absolute Gasteiger partial charge is 0.290 e. The van der Waals surface area contributed by atoms with Crippen LogP contribution in [0.2, 0.25) is 0 Å². The fourth-order valence-electron chi connectivity index (χ4n) is 2.21. The molecule has 0 atom stereocenters. The Morgan fingerprint density at radius 2 is 2.24 bits per heavy atom. The number of nitrogens with zero attached hydrogens (tertiary/aromatic N) is 2. The number of nitrogens with one attached hydrogen (secondary N) is 1. The van der Waals surface area contributed by atoms with Crippen LogP contribution >= 0.6 is 0 Å². The zero-order valence-corrected chi connectivity index (χ0v) is 9.82. The van der Waals surface area contributed by atoms with Gasteiger partial charge >= 0.3 is 0 Å². The first kappa shape index (κ1) is 11.6. The van der Waals surface area contributed by atoms with Crippen molar-refractivity contribution in [3.8, 4) is 6.07 Å². The third-order valence-corrected chi connectivity index (χ3v) is 3.23. The van der Waals surface area contributed by atoms with Gasteiger partial charge in [-0.3, -0.25) is 4.79 Å². The van der Waals surface area contributed by atoms with Crippen LogP contribution in [-0.4, -0.2) is 16.4 Å². The van der Waals surface area contributed by atoms with Crippen LogP contribution < -0.4 is 5.32 Å². The molecule has 1 heterocycles. The third-order valence-electron chi connectivity index (χ3n) is 3.23. The zero-order valence-electron chi connectivity index (χ0n) is 9.82. The van der Waals surface area contributed by atoms with Crippen molar-refractivity contribution in [3.63, 3.8) is 0 Å². The highest BCUT2D eigenvalue weighted by atomic mass is 16.3. The summed E-state index contributed by atoms with van der Waals surface area (Å²) in [5.74, 6) is -0.145. The Balaban J connectivity index is 2.12. The minimum Gasteiger partial charge on any atom is -0.438 e. The Kier molecular flexibility index (Phi) is 3.14. The minimum absolute atomic E-state index is 0.199. The second kappa shape index (κ2) is 4.58. The molecule has 0 unspecified atom stereocenters. The van der Waals surface area contributed by atoms with Crippen molar-refractivity contribution in [1.29, 1.82) is 5.26 Å². The molecule has 1 fully saturated rings. The molecule has 1 amide bonds. The summed E-state index contributed by atoms with van der Waals surface area (Å²) in [4.78, 5) is 15.8. The number of rotatable bonds is 2. The molecule has 1 aromatic heterocycles. The van der Waals surface area contributed by atoms with Crippen LogP contribution in [0.3, 0.4) is 0 Å². The van der Waals surface area contributed by atoms with Crippen LogP contribution in [0.4, 0.5) is 0 Å². The lowest BCUT2D eigenvalue weighted by Crippen LogP contribution is -2.48. The largest absolute Gasteiger partial charge is 0.438 e. The van der Waals surface area contributed by atoms with E-state index in [4.69, 9.17) is 4.42 Å². The summed E-state index contributed by atoms with van der Waals surface area (Å²) in [6, 6.07) is 2.24. The average Bonchev–Trinajstić information content (AvgIpc) is 2.77. The highest BCUT2D eigenvalue weighted by Gasteiger charge is 2.34. The van der Waals surface area contributed by atoms with Gasteiger partial charge in [0.25, 0.3) is 5.91 Å². The van der Waals surface area contributed by atoms with Gasteiger partial charge in [0, 0.05) is 0 Å². The van der Waals surface area contributed by atoms with Gasteiger partial charge in [-0.1, -0.05) is 19.3 Å². The topological polar surface area (TPSA) is 78.9 Å². The number of oxazole rings is 1. The Morgan fingerprint density at radius 3 is 2.76 bits per heavy atom. The first-order valence-corrected chi connectivity index (χ1v) is 5.81. The number of carbonyl (C=O) groups excluding carboxylic acids is 1. The van der Waals surface area contributed by atoms with E-state index < -0.39 is 5.54 Å². The number of aromatic nitrogens is 1. The molecular weight excluding hydrogens is 218 g/mol. The molecule has 0 radical (unpaired) electrons. The maximum atomic E-state index is 12.0. The molecule has 0 spiro atoms. The SMILES string of the molecule is Cc1ncoc1C(=O)NC1(C#N)CCCCC1. The van der Waals surface area contributed by atoms with Gasteiger partial charge in [0.1, 0.15) is 5.54 Å². The Bertz CT molecular complexity index is 453. The van der Waals surface area contributed by atoms with Gasteiger partial charge in [0.15, 0.2) is 6.39 Å². The number of amides is 1. The molecule has 5 nitrogen and oxygen atoms in total. The standard InChI is InChI=1S/C12H15N3O2/c1-9-10(17-8-14-9)11(16)15-12(7-13)5-3-2-4-6-12/h8H,2-6H2,1H3,(H,15,16). The molecular formula is C12H15N3O2. The van der Waals surface area contributed by atoms with Crippen molar-refractivity contribution in [2.75, 3.05) is 0 Å². The molecule has 1 aliphatic rings. The van der Waals surface area contributed by atoms with Crippen molar-refractivity contribution in [3.05, 3.63) is 17.8 Å². The van der Waals surface area contributed by atoms with E-state index in [9.17, 15) is 10.1 Å². The van der Waals surface area contributed by atoms with E-state index in [1.807, 2.05) is 0 Å². The van der Waals surface area contributed by atoms with E-state index in [2.05, 4.69) is 16.4 Å². The van der Waals surface area contributed by atoms with E-state index >= 15 is 0 Å². The maximum absolute atomic E-state index is 12.0. The number of hydrogen-bond acceptors (Lipinski definition) is 4. The lowest BCUT2D eigenvalue weighted by atomic mass is 9.83. The Labute approximate surface area is 99.8 Å². The van der Waals surface area contributed by atoms with Crippen molar-refractivity contribution >= 4 is 5.91 Å². The molecule has 0 aliphatic heterocycles. The van der Waals surface area contributed by atoms with E-state index in [0.717, 1.165) is 19.3 Å². The van der Waals surface area contributed by atoms with Crippen molar-refractivity contribution < 1.29 is 9.21 Å². The van der Waals surface area contributed by atoms with E-state index in [-0.39, 0.29) is 11.7 Å². The number of nitriles is 1. The predicted molar refractivity (Wildman–Crippen MR) is 60.1 cm³/mol. The molecule has 90 valence electrons. The second-order valence-electron chi connectivity index (χ2n) is 4.48. The number of carbonyl (C=O) groups is 1. The van der Waals surface area contributed by atoms with Crippen LogP contribution in [0, 0.1) is 18.3 Å². The molecule has 1 aromatic rings. The van der Waals surface area contributed by atoms with Crippen LogP contribution in [0.5, 0.6) is 0 Å². The lowest BCUT2D eigenvalue weighted by molar-refractivity contribution is 0.0873. The molecule has 1 saturated carbocycles.